The van der Waals surface area contributed by atoms with Crippen LogP contribution in [0.15, 0.2) is 60.8 Å². The highest BCUT2D eigenvalue weighted by Gasteiger charge is 2.24. The quantitative estimate of drug-likeness (QED) is 0.456. The van der Waals surface area contributed by atoms with Gasteiger partial charge in [-0.1, -0.05) is 30.3 Å². The predicted molar refractivity (Wildman–Crippen MR) is 111 cm³/mol. The molecule has 2 heterocycles. The van der Waals surface area contributed by atoms with Gasteiger partial charge in [0.2, 0.25) is 5.91 Å². The summed E-state index contributed by atoms with van der Waals surface area (Å²) in [5.74, 6) is 0.0825. The fraction of sp³-hybridized carbons (Fsp3) is 0.273. The van der Waals surface area contributed by atoms with Gasteiger partial charge in [-0.15, -0.1) is 5.10 Å². The van der Waals surface area contributed by atoms with Crippen molar-refractivity contribution in [2.24, 2.45) is 0 Å². The Bertz CT molecular complexity index is 1130. The third kappa shape index (κ3) is 4.37. The van der Waals surface area contributed by atoms with Crippen LogP contribution in [-0.2, 0) is 17.8 Å². The molecule has 0 aliphatic carbocycles. The number of benzene rings is 2. The zero-order chi connectivity index (χ0) is 20.9. The van der Waals surface area contributed by atoms with Crippen LogP contribution in [0.1, 0.15) is 23.9 Å². The second kappa shape index (κ2) is 8.86. The van der Waals surface area contributed by atoms with Crippen molar-refractivity contribution in [2.75, 3.05) is 6.54 Å². The molecule has 4 aromatic rings. The van der Waals surface area contributed by atoms with Crippen molar-refractivity contribution < 1.29 is 9.18 Å². The summed E-state index contributed by atoms with van der Waals surface area (Å²) in [6.07, 6.45) is 3.23. The second-order valence-corrected chi connectivity index (χ2v) is 7.23. The summed E-state index contributed by atoms with van der Waals surface area (Å²) < 4.78 is 16.9. The maximum atomic E-state index is 13.2. The highest BCUT2D eigenvalue weighted by atomic mass is 19.1. The van der Waals surface area contributed by atoms with E-state index in [4.69, 9.17) is 0 Å². The molecular weight excluding hydrogens is 383 g/mol. The number of aryl methyl sites for hydroxylation is 2. The van der Waals surface area contributed by atoms with Gasteiger partial charge in [-0.2, -0.15) is 0 Å². The molecule has 0 bridgehead atoms. The number of carbonyl (C=O) groups excluding carboxylic acids is 1. The van der Waals surface area contributed by atoms with Gasteiger partial charge < -0.3 is 9.88 Å². The Balaban J connectivity index is 1.39. The number of rotatable bonds is 8. The summed E-state index contributed by atoms with van der Waals surface area (Å²) >= 11 is 0. The van der Waals surface area contributed by atoms with E-state index in [-0.39, 0.29) is 11.7 Å². The van der Waals surface area contributed by atoms with E-state index in [1.165, 1.54) is 27.7 Å². The van der Waals surface area contributed by atoms with Crippen molar-refractivity contribution in [3.8, 4) is 0 Å². The molecule has 0 saturated carbocycles. The summed E-state index contributed by atoms with van der Waals surface area (Å²) in [5, 5.41) is 15.7. The number of nitrogens with one attached hydrogen (secondary N) is 1. The predicted octanol–water partition coefficient (Wildman–Crippen LogP) is 3.07. The normalized spacial score (nSPS) is 12.2. The van der Waals surface area contributed by atoms with Gasteiger partial charge >= 0.3 is 0 Å². The van der Waals surface area contributed by atoms with Crippen LogP contribution in [0.4, 0.5) is 4.39 Å². The van der Waals surface area contributed by atoms with Crippen LogP contribution in [0.25, 0.3) is 10.9 Å². The van der Waals surface area contributed by atoms with Crippen molar-refractivity contribution in [3.63, 3.8) is 0 Å². The molecule has 8 heteroatoms. The summed E-state index contributed by atoms with van der Waals surface area (Å²) in [7, 11) is 0. The lowest BCUT2D eigenvalue weighted by Gasteiger charge is -2.18. The average Bonchev–Trinajstić information content (AvgIpc) is 3.37. The number of halogens is 1. The maximum Gasteiger partial charge on any atom is 0.245 e. The number of fused-ring (bicyclic) bond motifs is 1. The minimum absolute atomic E-state index is 0.160. The Morgan fingerprint density at radius 3 is 2.70 bits per heavy atom. The molecule has 2 aromatic heterocycles. The highest BCUT2D eigenvalue weighted by Crippen LogP contribution is 2.17. The van der Waals surface area contributed by atoms with Crippen LogP contribution < -0.4 is 5.32 Å². The standard InChI is InChI=1S/C22H23FN6O/c1-16-25-26-27-29(16)21(15-17-7-9-19(23)10-8-17)22(30)24-12-4-13-28-14-11-18-5-2-3-6-20(18)28/h2-3,5-11,14,21H,4,12-13,15H2,1H3,(H,24,30). The Morgan fingerprint density at radius 1 is 1.13 bits per heavy atom. The number of tetrazole rings is 1. The van der Waals surface area contributed by atoms with E-state index in [1.807, 2.05) is 12.1 Å². The zero-order valence-corrected chi connectivity index (χ0v) is 16.7. The molecule has 154 valence electrons. The molecule has 1 amide bonds. The number of para-hydroxylation sites is 1. The molecule has 0 fully saturated rings. The highest BCUT2D eigenvalue weighted by molar-refractivity contribution is 5.81. The first-order valence-electron chi connectivity index (χ1n) is 9.92. The van der Waals surface area contributed by atoms with Gasteiger partial charge in [0.15, 0.2) is 0 Å². The van der Waals surface area contributed by atoms with Gasteiger partial charge in [0, 0.05) is 31.2 Å². The van der Waals surface area contributed by atoms with E-state index >= 15 is 0 Å². The van der Waals surface area contributed by atoms with Crippen molar-refractivity contribution >= 4 is 16.8 Å². The lowest BCUT2D eigenvalue weighted by atomic mass is 10.1. The molecule has 30 heavy (non-hydrogen) atoms. The number of hydrogen-bond acceptors (Lipinski definition) is 4. The smallest absolute Gasteiger partial charge is 0.245 e. The van der Waals surface area contributed by atoms with E-state index in [0.29, 0.717) is 18.8 Å². The summed E-state index contributed by atoms with van der Waals surface area (Å²) in [6.45, 7) is 3.09. The van der Waals surface area contributed by atoms with Gasteiger partial charge in [0.25, 0.3) is 0 Å². The molecule has 0 aliphatic rings. The molecule has 0 spiro atoms. The van der Waals surface area contributed by atoms with Gasteiger partial charge in [-0.3, -0.25) is 4.79 Å². The van der Waals surface area contributed by atoms with Crippen molar-refractivity contribution in [2.45, 2.75) is 32.4 Å². The van der Waals surface area contributed by atoms with E-state index in [1.54, 1.807) is 19.1 Å². The number of amides is 1. The molecular formula is C22H23FN6O. The van der Waals surface area contributed by atoms with Crippen molar-refractivity contribution in [3.05, 3.63) is 78.0 Å². The summed E-state index contributed by atoms with van der Waals surface area (Å²) in [5.41, 5.74) is 2.02. The van der Waals surface area contributed by atoms with Crippen LogP contribution in [0.2, 0.25) is 0 Å². The molecule has 0 saturated heterocycles. The first-order valence-corrected chi connectivity index (χ1v) is 9.92. The maximum absolute atomic E-state index is 13.2. The van der Waals surface area contributed by atoms with Crippen LogP contribution in [0, 0.1) is 12.7 Å². The molecule has 0 radical (unpaired) electrons. The third-order valence-electron chi connectivity index (χ3n) is 5.15. The Morgan fingerprint density at radius 2 is 1.93 bits per heavy atom. The largest absolute Gasteiger partial charge is 0.354 e. The van der Waals surface area contributed by atoms with Crippen LogP contribution in [0.3, 0.4) is 0 Å². The molecule has 1 N–H and O–H groups in total. The van der Waals surface area contributed by atoms with E-state index in [0.717, 1.165) is 18.5 Å². The minimum atomic E-state index is -0.599. The number of aromatic nitrogens is 5. The van der Waals surface area contributed by atoms with Crippen molar-refractivity contribution in [1.29, 1.82) is 0 Å². The molecule has 1 atom stereocenters. The minimum Gasteiger partial charge on any atom is -0.354 e. The van der Waals surface area contributed by atoms with Gasteiger partial charge in [0.1, 0.15) is 17.7 Å². The fourth-order valence-corrected chi connectivity index (χ4v) is 3.57. The van der Waals surface area contributed by atoms with Gasteiger partial charge in [-0.25, -0.2) is 9.07 Å². The van der Waals surface area contributed by atoms with Crippen molar-refractivity contribution in [1.82, 2.24) is 30.1 Å². The van der Waals surface area contributed by atoms with Gasteiger partial charge in [-0.05, 0) is 59.0 Å². The van der Waals surface area contributed by atoms with E-state index in [9.17, 15) is 9.18 Å². The van der Waals surface area contributed by atoms with E-state index < -0.39 is 6.04 Å². The van der Waals surface area contributed by atoms with Crippen LogP contribution in [0.5, 0.6) is 0 Å². The fourth-order valence-electron chi connectivity index (χ4n) is 3.57. The third-order valence-corrected chi connectivity index (χ3v) is 5.15. The summed E-state index contributed by atoms with van der Waals surface area (Å²) in [4.78, 5) is 12.9. The SMILES string of the molecule is Cc1nnnn1C(Cc1ccc(F)cc1)C(=O)NCCCn1ccc2ccccc21. The Hall–Kier alpha value is -3.55. The molecule has 0 aliphatic heterocycles. The van der Waals surface area contributed by atoms with Crippen LogP contribution in [-0.4, -0.2) is 37.2 Å². The van der Waals surface area contributed by atoms with Gasteiger partial charge in [0.05, 0.1) is 0 Å². The lowest BCUT2D eigenvalue weighted by Crippen LogP contribution is -2.35. The monoisotopic (exact) mass is 406 g/mol. The Labute approximate surface area is 173 Å². The molecule has 1 unspecified atom stereocenters. The van der Waals surface area contributed by atoms with E-state index in [2.05, 4.69) is 49.8 Å². The topological polar surface area (TPSA) is 77.6 Å². The lowest BCUT2D eigenvalue weighted by molar-refractivity contribution is -0.124. The van der Waals surface area contributed by atoms with Crippen LogP contribution >= 0.6 is 0 Å². The average molecular weight is 406 g/mol. The zero-order valence-electron chi connectivity index (χ0n) is 16.7. The first-order chi connectivity index (χ1) is 14.6. The Kier molecular flexibility index (Phi) is 5.83. The molecule has 4 rings (SSSR count). The molecule has 7 nitrogen and oxygen atoms in total. The first kappa shape index (κ1) is 19.8. The number of hydrogen-bond donors (Lipinski definition) is 1. The second-order valence-electron chi connectivity index (χ2n) is 7.23. The number of nitrogens with zero attached hydrogens (tertiary/aromatic N) is 5. The molecule has 2 aromatic carbocycles. The number of carbonyl (C=O) groups is 1. The summed E-state index contributed by atoms with van der Waals surface area (Å²) in [6, 6.07) is 15.8.